The molecule has 0 radical (unpaired) electrons. The highest BCUT2D eigenvalue weighted by Crippen LogP contribution is 2.65. The van der Waals surface area contributed by atoms with Crippen LogP contribution >= 0.6 is 18.1 Å². The topological polar surface area (TPSA) is 146 Å². The lowest BCUT2D eigenvalue weighted by molar-refractivity contribution is 1.32. The van der Waals surface area contributed by atoms with Gasteiger partial charge in [0.05, 0.1) is 86.9 Å². The van der Waals surface area contributed by atoms with Gasteiger partial charge in [-0.2, -0.15) is 31.6 Å². The number of benzene rings is 6. The smallest absolute Gasteiger partial charge is 0.0992 e. The second kappa shape index (κ2) is 12.3. The van der Waals surface area contributed by atoms with Crippen LogP contribution in [0.1, 0.15) is 33.4 Å². The minimum Gasteiger partial charge on any atom is -0.306 e. The minimum atomic E-state index is -3.24. The fourth-order valence-corrected chi connectivity index (χ4v) is 21.1. The van der Waals surface area contributed by atoms with Crippen LogP contribution in [-0.4, -0.2) is 0 Å². The molecule has 0 unspecified atom stereocenters. The van der Waals surface area contributed by atoms with E-state index in [1.54, 1.807) is 54.6 Å². The van der Waals surface area contributed by atoms with Gasteiger partial charge < -0.3 is 4.90 Å². The van der Waals surface area contributed by atoms with Crippen molar-refractivity contribution in [2.75, 3.05) is 4.90 Å². The minimum absolute atomic E-state index is 0.334. The molecule has 0 N–H and O–H groups in total. The highest BCUT2D eigenvalue weighted by atomic mass is 32.4. The maximum Gasteiger partial charge on any atom is 0.0992 e. The van der Waals surface area contributed by atoms with Crippen molar-refractivity contribution in [3.05, 3.63) is 143 Å². The zero-order chi connectivity index (χ0) is 38.4. The van der Waals surface area contributed by atoms with E-state index in [1.807, 2.05) is 54.6 Å². The lowest BCUT2D eigenvalue weighted by Gasteiger charge is -2.52. The third kappa shape index (κ3) is 4.52. The van der Waals surface area contributed by atoms with Crippen LogP contribution < -0.4 is 52.6 Å². The predicted octanol–water partition coefficient (Wildman–Crippen LogP) is 4.59. The van der Waals surface area contributed by atoms with Crippen LogP contribution in [0.2, 0.25) is 0 Å². The van der Waals surface area contributed by atoms with Gasteiger partial charge in [-0.3, -0.25) is 0 Å². The number of rotatable bonds is 3. The molecule has 0 aliphatic carbocycles. The van der Waals surface area contributed by atoms with Crippen LogP contribution in [0.25, 0.3) is 0 Å². The normalized spacial score (nSPS) is 20.3. The van der Waals surface area contributed by atoms with E-state index in [2.05, 4.69) is 41.3 Å². The number of hydrogen-bond acceptors (Lipinski definition) is 10. The molecule has 3 heterocycles. The molecule has 9 rings (SSSR count). The predicted molar refractivity (Wildman–Crippen MR) is 228 cm³/mol. The van der Waals surface area contributed by atoms with Gasteiger partial charge in [0.25, 0.3) is 0 Å². The second-order valence-electron chi connectivity index (χ2n) is 13.1. The lowest BCUT2D eigenvalue weighted by Crippen LogP contribution is -2.53. The molecular weight excluding hydrogens is 792 g/mol. The van der Waals surface area contributed by atoms with E-state index < -0.39 is 18.1 Å². The zero-order valence-corrected chi connectivity index (χ0v) is 33.2. The summed E-state index contributed by atoms with van der Waals surface area (Å²) < 4.78 is 0. The molecule has 7 nitrogen and oxygen atoms in total. The fraction of sp³-hybridized carbons (Fsp3) is 0. The molecule has 3 aliphatic rings. The van der Waals surface area contributed by atoms with E-state index in [0.717, 1.165) is 17.1 Å². The largest absolute Gasteiger partial charge is 0.306 e. The summed E-state index contributed by atoms with van der Waals surface area (Å²) in [5, 5.41) is 68.3. The molecule has 3 aliphatic heterocycles. The average Bonchev–Trinajstić information content (AvgIpc) is 3.24. The zero-order valence-electron chi connectivity index (χ0n) is 28.1. The van der Waals surface area contributed by atoms with Crippen LogP contribution in [0.3, 0.4) is 0 Å². The molecular formula is C42H18N7P3S3. The lowest BCUT2D eigenvalue weighted by atomic mass is 10.1. The molecule has 55 heavy (non-hydrogen) atoms. The SMILES string of the molecule is N#Cc1cccc(P2(=S)c3cc(C#N)cc4c3N3c5c2cc(C#N)cc5P(=S)(c2cccc(C#N)c2)c2cc(C#N)cc(c23)P4(=S)c2cccc(C#N)c2)c1. The van der Waals surface area contributed by atoms with Gasteiger partial charge in [0, 0.05) is 49.9 Å². The summed E-state index contributed by atoms with van der Waals surface area (Å²) in [6.07, 6.45) is 0. The Balaban J connectivity index is 1.59. The van der Waals surface area contributed by atoms with Gasteiger partial charge in [-0.05, 0) is 88.7 Å². The Kier molecular flexibility index (Phi) is 7.75. The van der Waals surface area contributed by atoms with E-state index in [4.69, 9.17) is 35.4 Å². The summed E-state index contributed by atoms with van der Waals surface area (Å²) >= 11 is 21.0. The summed E-state index contributed by atoms with van der Waals surface area (Å²) in [5.74, 6) is 0. The molecule has 254 valence electrons. The molecule has 0 amide bonds. The van der Waals surface area contributed by atoms with Gasteiger partial charge in [-0.15, -0.1) is 0 Å². The van der Waals surface area contributed by atoms with Gasteiger partial charge in [0.1, 0.15) is 0 Å². The molecule has 0 bridgehead atoms. The molecule has 13 heteroatoms. The Morgan fingerprint density at radius 1 is 0.345 bits per heavy atom. The van der Waals surface area contributed by atoms with Gasteiger partial charge >= 0.3 is 0 Å². The standard InChI is InChI=1S/C42H18N7P3S3/c43-19-25-4-1-7-31(10-25)50(53)34-13-28(22-46)15-36-40(34)49-41-35(50)14-29(23-47)16-37(41)52(55,33-9-3-6-27(12-33)21-45)39-18-30(24-48)17-38(42(39)49)51(36,54)32-8-2-5-26(11-32)20-44/h1-18H. The Labute approximate surface area is 331 Å². The van der Waals surface area contributed by atoms with Crippen molar-refractivity contribution >= 4 is 118 Å². The van der Waals surface area contributed by atoms with E-state index in [9.17, 15) is 31.6 Å². The number of nitrogens with zero attached hydrogens (tertiary/aromatic N) is 7. The Morgan fingerprint density at radius 2 is 0.582 bits per heavy atom. The van der Waals surface area contributed by atoms with Crippen LogP contribution in [0, 0.1) is 68.0 Å². The van der Waals surface area contributed by atoms with Crippen LogP contribution in [0.4, 0.5) is 17.1 Å². The van der Waals surface area contributed by atoms with Crippen molar-refractivity contribution in [2.24, 2.45) is 0 Å². The van der Waals surface area contributed by atoms with E-state index in [1.165, 1.54) is 0 Å². The van der Waals surface area contributed by atoms with Crippen molar-refractivity contribution in [2.45, 2.75) is 0 Å². The fourth-order valence-electron chi connectivity index (χ4n) is 8.01. The van der Waals surface area contributed by atoms with E-state index >= 15 is 0 Å². The highest BCUT2D eigenvalue weighted by Gasteiger charge is 2.53. The van der Waals surface area contributed by atoms with E-state index in [-0.39, 0.29) is 0 Å². The Hall–Kier alpha value is -5.99. The first-order valence-corrected chi connectivity index (χ1v) is 24.9. The number of anilines is 3. The van der Waals surface area contributed by atoms with Crippen molar-refractivity contribution in [1.29, 1.82) is 31.6 Å². The van der Waals surface area contributed by atoms with Crippen molar-refractivity contribution in [1.82, 2.24) is 0 Å². The summed E-state index contributed by atoms with van der Waals surface area (Å²) in [4.78, 5) is 2.14. The second-order valence-corrected chi connectivity index (χ2v) is 26.1. The monoisotopic (exact) mass is 809 g/mol. The summed E-state index contributed by atoms with van der Waals surface area (Å²) in [6.45, 7) is 0. The quantitative estimate of drug-likeness (QED) is 0.232. The van der Waals surface area contributed by atoms with Gasteiger partial charge in [-0.25, -0.2) is 0 Å². The van der Waals surface area contributed by atoms with Crippen LogP contribution in [0.15, 0.2) is 109 Å². The van der Waals surface area contributed by atoms with Gasteiger partial charge in [0.2, 0.25) is 0 Å². The molecule has 0 spiro atoms. The van der Waals surface area contributed by atoms with Crippen molar-refractivity contribution in [3.8, 4) is 36.4 Å². The molecule has 0 saturated heterocycles. The maximum atomic E-state index is 10.6. The molecule has 0 saturated carbocycles. The molecule has 0 fully saturated rings. The third-order valence-electron chi connectivity index (χ3n) is 10.3. The maximum absolute atomic E-state index is 10.6. The van der Waals surface area contributed by atoms with Crippen LogP contribution in [-0.2, 0) is 35.4 Å². The first-order valence-electron chi connectivity index (χ1n) is 16.5. The molecule has 0 atom stereocenters. The Morgan fingerprint density at radius 3 is 0.800 bits per heavy atom. The van der Waals surface area contributed by atoms with Crippen molar-refractivity contribution < 1.29 is 0 Å². The number of hydrogen-bond donors (Lipinski definition) is 0. The molecule has 6 aromatic carbocycles. The summed E-state index contributed by atoms with van der Waals surface area (Å²) in [6, 6.07) is 36.6. The van der Waals surface area contributed by atoms with E-state index in [0.29, 0.717) is 81.1 Å². The van der Waals surface area contributed by atoms with Gasteiger partial charge in [-0.1, -0.05) is 71.8 Å². The number of nitriles is 6. The summed E-state index contributed by atoms with van der Waals surface area (Å²) in [7, 11) is 0. The van der Waals surface area contributed by atoms with Crippen molar-refractivity contribution in [3.63, 3.8) is 0 Å². The highest BCUT2D eigenvalue weighted by molar-refractivity contribution is 8.28. The molecule has 0 aromatic heterocycles. The Bertz CT molecular complexity index is 2830. The molecule has 6 aromatic rings. The third-order valence-corrected chi connectivity index (χ3v) is 24.9. The summed E-state index contributed by atoms with van der Waals surface area (Å²) in [5.41, 5.74) is 4.40. The first-order chi connectivity index (χ1) is 26.6. The average molecular weight is 810 g/mol. The van der Waals surface area contributed by atoms with Crippen LogP contribution in [0.5, 0.6) is 0 Å². The van der Waals surface area contributed by atoms with Gasteiger partial charge in [0.15, 0.2) is 0 Å². The first kappa shape index (κ1) is 34.8.